The molecular weight excluding hydrogens is 394 g/mol. The van der Waals surface area contributed by atoms with Gasteiger partial charge in [-0.2, -0.15) is 0 Å². The molecule has 1 aliphatic carbocycles. The minimum Gasteiger partial charge on any atom is -0.339 e. The standard InChI is InChI=1S/C17H23N3O5S.ClH/c1-26(24,25)16-9-13(8-15(10-16)20(22)23)17(21)19-6-4-14(5-7-19)18-11-12-2-3-12;/h8-10,12,14,18H,2-7,11H2,1H3;1H. The number of carbonyl (C=O) groups is 1. The van der Waals surface area contributed by atoms with Crippen molar-refractivity contribution in [2.45, 2.75) is 36.6 Å². The predicted molar refractivity (Wildman–Crippen MR) is 103 cm³/mol. The van der Waals surface area contributed by atoms with Gasteiger partial charge in [0.25, 0.3) is 11.6 Å². The van der Waals surface area contributed by atoms with Crippen LogP contribution in [0.5, 0.6) is 0 Å². The Morgan fingerprint density at radius 1 is 1.22 bits per heavy atom. The lowest BCUT2D eigenvalue weighted by Crippen LogP contribution is -2.45. The molecule has 0 aromatic heterocycles. The summed E-state index contributed by atoms with van der Waals surface area (Å²) in [4.78, 5) is 24.6. The van der Waals surface area contributed by atoms with Crippen molar-refractivity contribution in [2.75, 3.05) is 25.9 Å². The minimum absolute atomic E-state index is 0. The van der Waals surface area contributed by atoms with Gasteiger partial charge in [0.05, 0.1) is 9.82 Å². The molecule has 1 saturated carbocycles. The largest absolute Gasteiger partial charge is 0.339 e. The van der Waals surface area contributed by atoms with E-state index in [0.717, 1.165) is 43.7 Å². The van der Waals surface area contributed by atoms with Crippen LogP contribution in [0.3, 0.4) is 0 Å². The smallest absolute Gasteiger partial charge is 0.271 e. The summed E-state index contributed by atoms with van der Waals surface area (Å²) in [7, 11) is -3.65. The van der Waals surface area contributed by atoms with Gasteiger partial charge in [-0.25, -0.2) is 8.42 Å². The van der Waals surface area contributed by atoms with E-state index in [1.807, 2.05) is 0 Å². The molecule has 2 fully saturated rings. The minimum atomic E-state index is -3.65. The number of nitro benzene ring substituents is 1. The highest BCUT2D eigenvalue weighted by Gasteiger charge is 2.28. The molecule has 0 spiro atoms. The van der Waals surface area contributed by atoms with Gasteiger partial charge >= 0.3 is 0 Å². The van der Waals surface area contributed by atoms with Crippen LogP contribution in [0, 0.1) is 16.0 Å². The fourth-order valence-corrected chi connectivity index (χ4v) is 3.83. The monoisotopic (exact) mass is 417 g/mol. The summed E-state index contributed by atoms with van der Waals surface area (Å²) in [6.45, 7) is 2.14. The summed E-state index contributed by atoms with van der Waals surface area (Å²) in [6.07, 6.45) is 5.20. The number of rotatable bonds is 6. The number of hydrogen-bond donors (Lipinski definition) is 1. The average molecular weight is 418 g/mol. The molecule has 1 aromatic carbocycles. The summed E-state index contributed by atoms with van der Waals surface area (Å²) >= 11 is 0. The van der Waals surface area contributed by atoms with Gasteiger partial charge in [-0.15, -0.1) is 12.4 Å². The van der Waals surface area contributed by atoms with E-state index >= 15 is 0 Å². The maximum atomic E-state index is 12.7. The van der Waals surface area contributed by atoms with Gasteiger partial charge in [0, 0.05) is 43.1 Å². The Morgan fingerprint density at radius 3 is 2.37 bits per heavy atom. The Kier molecular flexibility index (Phi) is 6.82. The molecule has 3 rings (SSSR count). The van der Waals surface area contributed by atoms with Gasteiger partial charge in [0.15, 0.2) is 9.84 Å². The van der Waals surface area contributed by atoms with Gasteiger partial charge in [0.2, 0.25) is 0 Å². The number of nitrogens with zero attached hydrogens (tertiary/aromatic N) is 2. The van der Waals surface area contributed by atoms with E-state index in [1.165, 1.54) is 18.9 Å². The summed E-state index contributed by atoms with van der Waals surface area (Å²) < 4.78 is 23.6. The summed E-state index contributed by atoms with van der Waals surface area (Å²) in [5, 5.41) is 14.6. The first-order chi connectivity index (χ1) is 12.2. The Hall–Kier alpha value is -1.71. The number of halogens is 1. The Balaban J connectivity index is 0.00000261. The van der Waals surface area contributed by atoms with Crippen LogP contribution in [0.4, 0.5) is 5.69 Å². The number of nitrogens with one attached hydrogen (secondary N) is 1. The molecule has 1 aromatic rings. The first-order valence-corrected chi connectivity index (χ1v) is 10.7. The molecule has 0 bridgehead atoms. The van der Waals surface area contributed by atoms with Crippen LogP contribution in [0.15, 0.2) is 23.1 Å². The van der Waals surface area contributed by atoms with Crippen LogP contribution in [-0.4, -0.2) is 56.1 Å². The van der Waals surface area contributed by atoms with E-state index in [-0.39, 0.29) is 28.8 Å². The second-order valence-electron chi connectivity index (χ2n) is 7.16. The molecule has 0 unspecified atom stereocenters. The third kappa shape index (κ3) is 5.63. The molecule has 1 heterocycles. The SMILES string of the molecule is CS(=O)(=O)c1cc(C(=O)N2CCC(NCC3CC3)CC2)cc([N+](=O)[O-])c1.Cl. The maximum absolute atomic E-state index is 12.7. The number of hydrogen-bond acceptors (Lipinski definition) is 6. The van der Waals surface area contributed by atoms with Crippen molar-refractivity contribution in [3.05, 3.63) is 33.9 Å². The Bertz CT molecular complexity index is 818. The topological polar surface area (TPSA) is 110 Å². The normalized spacial score (nSPS) is 18.0. The molecule has 27 heavy (non-hydrogen) atoms. The highest BCUT2D eigenvalue weighted by molar-refractivity contribution is 7.90. The lowest BCUT2D eigenvalue weighted by Gasteiger charge is -2.32. The second-order valence-corrected chi connectivity index (χ2v) is 9.18. The van der Waals surface area contributed by atoms with Crippen LogP contribution in [0.2, 0.25) is 0 Å². The van der Waals surface area contributed by atoms with E-state index in [0.29, 0.717) is 19.1 Å². The highest BCUT2D eigenvalue weighted by Crippen LogP contribution is 2.28. The lowest BCUT2D eigenvalue weighted by molar-refractivity contribution is -0.385. The Labute approximate surface area is 164 Å². The van der Waals surface area contributed by atoms with Crippen molar-refractivity contribution in [1.29, 1.82) is 0 Å². The molecule has 1 N–H and O–H groups in total. The van der Waals surface area contributed by atoms with Gasteiger partial charge in [-0.1, -0.05) is 0 Å². The number of non-ortho nitro benzene ring substituents is 1. The third-order valence-corrected chi connectivity index (χ3v) is 6.04. The number of benzene rings is 1. The van der Waals surface area contributed by atoms with Gasteiger partial charge in [0.1, 0.15) is 0 Å². The number of amides is 1. The fraction of sp³-hybridized carbons (Fsp3) is 0.588. The number of carbonyl (C=O) groups excluding carboxylic acids is 1. The molecule has 10 heteroatoms. The average Bonchev–Trinajstić information content (AvgIpc) is 3.43. The van der Waals surface area contributed by atoms with Crippen molar-refractivity contribution in [2.24, 2.45) is 5.92 Å². The van der Waals surface area contributed by atoms with E-state index in [9.17, 15) is 23.3 Å². The first kappa shape index (κ1) is 21.6. The molecular formula is C17H24ClN3O5S. The molecule has 0 atom stereocenters. The quantitative estimate of drug-likeness (QED) is 0.560. The van der Waals surface area contributed by atoms with Crippen LogP contribution >= 0.6 is 12.4 Å². The molecule has 1 aliphatic heterocycles. The molecule has 1 saturated heterocycles. The predicted octanol–water partition coefficient (Wildman–Crippen LogP) is 2.02. The number of nitro groups is 1. The lowest BCUT2D eigenvalue weighted by atomic mass is 10.0. The molecule has 1 amide bonds. The van der Waals surface area contributed by atoms with Crippen molar-refractivity contribution < 1.29 is 18.1 Å². The van der Waals surface area contributed by atoms with Gasteiger partial charge < -0.3 is 10.2 Å². The fourth-order valence-electron chi connectivity index (χ4n) is 3.15. The summed E-state index contributed by atoms with van der Waals surface area (Å²) in [6, 6.07) is 3.74. The van der Waals surface area contributed by atoms with Gasteiger partial charge in [-0.3, -0.25) is 14.9 Å². The third-order valence-electron chi connectivity index (χ3n) is 4.95. The van der Waals surface area contributed by atoms with Crippen molar-refractivity contribution in [1.82, 2.24) is 10.2 Å². The first-order valence-electron chi connectivity index (χ1n) is 8.76. The van der Waals surface area contributed by atoms with Crippen molar-refractivity contribution in [3.8, 4) is 0 Å². The summed E-state index contributed by atoms with van der Waals surface area (Å²) in [5.41, 5.74) is -0.346. The zero-order valence-electron chi connectivity index (χ0n) is 15.1. The number of likely N-dealkylation sites (tertiary alicyclic amines) is 1. The van der Waals surface area contributed by atoms with E-state index in [2.05, 4.69) is 5.32 Å². The maximum Gasteiger partial charge on any atom is 0.271 e. The number of sulfone groups is 1. The van der Waals surface area contributed by atoms with E-state index < -0.39 is 20.4 Å². The van der Waals surface area contributed by atoms with E-state index in [1.54, 1.807) is 4.90 Å². The molecule has 8 nitrogen and oxygen atoms in total. The second kappa shape index (κ2) is 8.53. The van der Waals surface area contributed by atoms with Crippen molar-refractivity contribution >= 4 is 33.8 Å². The van der Waals surface area contributed by atoms with E-state index in [4.69, 9.17) is 0 Å². The van der Waals surface area contributed by atoms with Crippen LogP contribution < -0.4 is 5.32 Å². The van der Waals surface area contributed by atoms with Crippen LogP contribution in [0.25, 0.3) is 0 Å². The van der Waals surface area contributed by atoms with Crippen molar-refractivity contribution in [3.63, 3.8) is 0 Å². The summed E-state index contributed by atoms with van der Waals surface area (Å²) in [5.74, 6) is 0.438. The molecule has 150 valence electrons. The van der Waals surface area contributed by atoms with Crippen LogP contribution in [0.1, 0.15) is 36.0 Å². The van der Waals surface area contributed by atoms with Crippen LogP contribution in [-0.2, 0) is 9.84 Å². The molecule has 2 aliphatic rings. The Morgan fingerprint density at radius 2 is 1.85 bits per heavy atom. The zero-order chi connectivity index (χ0) is 18.9. The van der Waals surface area contributed by atoms with Gasteiger partial charge in [-0.05, 0) is 44.2 Å². The molecule has 0 radical (unpaired) electrons. The zero-order valence-corrected chi connectivity index (χ0v) is 16.7. The number of piperidine rings is 1. The highest BCUT2D eigenvalue weighted by atomic mass is 35.5.